The maximum atomic E-state index is 3.90. The standard InChI is InChI=1S/C2H6S3/c1-4-2-5-3/h3H,2H2,1H3. The van der Waals surface area contributed by atoms with Crippen LogP contribution in [0.2, 0.25) is 0 Å². The molecule has 0 aliphatic carbocycles. The van der Waals surface area contributed by atoms with Gasteiger partial charge in [0, 0.05) is 5.08 Å². The molecule has 32 valence electrons. The molecule has 0 saturated heterocycles. The van der Waals surface area contributed by atoms with E-state index >= 15 is 0 Å². The van der Waals surface area contributed by atoms with Crippen molar-refractivity contribution in [2.24, 2.45) is 0 Å². The lowest BCUT2D eigenvalue weighted by atomic mass is 11.9. The summed E-state index contributed by atoms with van der Waals surface area (Å²) in [5, 5.41) is 1.09. The van der Waals surface area contributed by atoms with Gasteiger partial charge < -0.3 is 0 Å². The Morgan fingerprint density at radius 3 is 2.40 bits per heavy atom. The van der Waals surface area contributed by atoms with E-state index in [2.05, 4.69) is 17.9 Å². The van der Waals surface area contributed by atoms with Crippen LogP contribution in [0.4, 0.5) is 0 Å². The third-order valence-electron chi connectivity index (χ3n) is 0.171. The van der Waals surface area contributed by atoms with Crippen LogP contribution in [-0.2, 0) is 0 Å². The lowest BCUT2D eigenvalue weighted by Crippen LogP contribution is -1.51. The zero-order valence-electron chi connectivity index (χ0n) is 2.97. The van der Waals surface area contributed by atoms with Gasteiger partial charge in [-0.1, -0.05) is 10.8 Å². The van der Waals surface area contributed by atoms with Gasteiger partial charge in [-0.05, 0) is 6.26 Å². The molecule has 0 heterocycles. The van der Waals surface area contributed by atoms with E-state index in [9.17, 15) is 0 Å². The summed E-state index contributed by atoms with van der Waals surface area (Å²) < 4.78 is 0. The summed E-state index contributed by atoms with van der Waals surface area (Å²) in [6.07, 6.45) is 2.06. The molecule has 0 aromatic rings. The second-order valence-electron chi connectivity index (χ2n) is 0.536. The molecule has 0 fully saturated rings. The molecule has 0 nitrogen and oxygen atoms in total. The lowest BCUT2D eigenvalue weighted by molar-refractivity contribution is 2.26. The van der Waals surface area contributed by atoms with Crippen molar-refractivity contribution in [1.29, 1.82) is 0 Å². The summed E-state index contributed by atoms with van der Waals surface area (Å²) in [5.74, 6) is 0. The third-order valence-corrected chi connectivity index (χ3v) is 2.48. The van der Waals surface area contributed by atoms with Crippen LogP contribution < -0.4 is 0 Å². The minimum atomic E-state index is 1.09. The summed E-state index contributed by atoms with van der Waals surface area (Å²) in [6.45, 7) is 0. The number of hydrogen-bond donors (Lipinski definition) is 1. The molecule has 0 bridgehead atoms. The molecule has 0 rings (SSSR count). The number of rotatable bonds is 2. The van der Waals surface area contributed by atoms with Crippen molar-refractivity contribution in [2.75, 3.05) is 11.3 Å². The van der Waals surface area contributed by atoms with Crippen molar-refractivity contribution >= 4 is 34.2 Å². The Bertz CT molecular complexity index is 12.4. The average molecular weight is 126 g/mol. The first-order valence-corrected chi connectivity index (χ1v) is 4.60. The van der Waals surface area contributed by atoms with Gasteiger partial charge in [-0.15, -0.1) is 11.7 Å². The molecule has 0 unspecified atom stereocenters. The second-order valence-corrected chi connectivity index (χ2v) is 3.09. The Hall–Kier alpha value is 1.05. The second kappa shape index (κ2) is 5.05. The van der Waals surface area contributed by atoms with E-state index in [0.717, 1.165) is 5.08 Å². The van der Waals surface area contributed by atoms with Gasteiger partial charge in [0.1, 0.15) is 0 Å². The molecule has 0 spiro atoms. The summed E-state index contributed by atoms with van der Waals surface area (Å²) in [6, 6.07) is 0. The summed E-state index contributed by atoms with van der Waals surface area (Å²) in [4.78, 5) is 0. The fraction of sp³-hybridized carbons (Fsp3) is 1.00. The molecular formula is C2H6S3. The van der Waals surface area contributed by atoms with Crippen LogP contribution in [0.15, 0.2) is 0 Å². The molecule has 0 aromatic heterocycles. The van der Waals surface area contributed by atoms with Crippen molar-refractivity contribution in [3.63, 3.8) is 0 Å². The van der Waals surface area contributed by atoms with Crippen LogP contribution >= 0.6 is 34.2 Å². The van der Waals surface area contributed by atoms with Gasteiger partial charge in [-0.2, -0.15) is 11.8 Å². The zero-order chi connectivity index (χ0) is 4.12. The molecule has 0 aliphatic heterocycles. The summed E-state index contributed by atoms with van der Waals surface area (Å²) >= 11 is 5.68. The molecule has 0 amide bonds. The van der Waals surface area contributed by atoms with Gasteiger partial charge in [0.25, 0.3) is 0 Å². The highest BCUT2D eigenvalue weighted by Gasteiger charge is 1.68. The van der Waals surface area contributed by atoms with Crippen molar-refractivity contribution < 1.29 is 0 Å². The minimum Gasteiger partial charge on any atom is -0.154 e. The Kier molecular flexibility index (Phi) is 6.11. The van der Waals surface area contributed by atoms with Crippen LogP contribution in [0.25, 0.3) is 0 Å². The predicted molar refractivity (Wildman–Crippen MR) is 35.0 cm³/mol. The number of thioether (sulfide) groups is 1. The zero-order valence-corrected chi connectivity index (χ0v) is 5.50. The van der Waals surface area contributed by atoms with E-state index in [1.807, 2.05) is 0 Å². The monoisotopic (exact) mass is 126 g/mol. The van der Waals surface area contributed by atoms with Gasteiger partial charge in [0.2, 0.25) is 0 Å². The Balaban J connectivity index is 2.19. The first-order valence-electron chi connectivity index (χ1n) is 1.17. The number of hydrogen-bond acceptors (Lipinski definition) is 3. The topological polar surface area (TPSA) is 0 Å². The minimum absolute atomic E-state index is 1.09. The highest BCUT2D eigenvalue weighted by Crippen LogP contribution is 2.10. The van der Waals surface area contributed by atoms with Crippen LogP contribution in [0.5, 0.6) is 0 Å². The van der Waals surface area contributed by atoms with Crippen LogP contribution in [0.1, 0.15) is 0 Å². The summed E-state index contributed by atoms with van der Waals surface area (Å²) in [7, 11) is 1.56. The quantitative estimate of drug-likeness (QED) is 0.341. The molecule has 0 radical (unpaired) electrons. The van der Waals surface area contributed by atoms with E-state index in [-0.39, 0.29) is 0 Å². The average Bonchev–Trinajstić information content (AvgIpc) is 1.41. The first kappa shape index (κ1) is 6.05. The van der Waals surface area contributed by atoms with Crippen molar-refractivity contribution in [1.82, 2.24) is 0 Å². The Morgan fingerprint density at radius 1 is 1.80 bits per heavy atom. The van der Waals surface area contributed by atoms with Crippen molar-refractivity contribution in [3.8, 4) is 0 Å². The lowest BCUT2D eigenvalue weighted by Gasteiger charge is -1.79. The highest BCUT2D eigenvalue weighted by atomic mass is 33.1. The van der Waals surface area contributed by atoms with E-state index in [1.165, 1.54) is 0 Å². The largest absolute Gasteiger partial charge is 0.154 e. The Morgan fingerprint density at radius 2 is 2.40 bits per heavy atom. The van der Waals surface area contributed by atoms with Gasteiger partial charge in [-0.25, -0.2) is 0 Å². The van der Waals surface area contributed by atoms with E-state index in [1.54, 1.807) is 22.6 Å². The van der Waals surface area contributed by atoms with E-state index < -0.39 is 0 Å². The van der Waals surface area contributed by atoms with Crippen LogP contribution in [0, 0.1) is 0 Å². The molecular weight excluding hydrogens is 120 g/mol. The highest BCUT2D eigenvalue weighted by molar-refractivity contribution is 8.70. The summed E-state index contributed by atoms with van der Waals surface area (Å²) in [5.41, 5.74) is 0. The number of thiol groups is 1. The molecule has 0 atom stereocenters. The van der Waals surface area contributed by atoms with Crippen molar-refractivity contribution in [2.45, 2.75) is 0 Å². The molecule has 0 aliphatic rings. The van der Waals surface area contributed by atoms with E-state index in [0.29, 0.717) is 0 Å². The van der Waals surface area contributed by atoms with Crippen LogP contribution in [-0.4, -0.2) is 11.3 Å². The molecule has 0 aromatic carbocycles. The maximum Gasteiger partial charge on any atom is 0.0490 e. The Labute approximate surface area is 45.9 Å². The van der Waals surface area contributed by atoms with Gasteiger partial charge >= 0.3 is 0 Å². The fourth-order valence-electron chi connectivity index (χ4n) is 0.0527. The van der Waals surface area contributed by atoms with Gasteiger partial charge in [0.05, 0.1) is 0 Å². The SMILES string of the molecule is CSCSS. The van der Waals surface area contributed by atoms with Crippen LogP contribution in [0.3, 0.4) is 0 Å². The normalized spacial score (nSPS) is 8.40. The molecule has 3 heteroatoms. The molecule has 0 saturated carbocycles. The van der Waals surface area contributed by atoms with Gasteiger partial charge in [0.15, 0.2) is 0 Å². The van der Waals surface area contributed by atoms with Crippen molar-refractivity contribution in [3.05, 3.63) is 0 Å². The third kappa shape index (κ3) is 5.05. The molecule has 5 heavy (non-hydrogen) atoms. The van der Waals surface area contributed by atoms with Gasteiger partial charge in [-0.3, -0.25) is 0 Å². The predicted octanol–water partition coefficient (Wildman–Crippen LogP) is 1.88. The smallest absolute Gasteiger partial charge is 0.0490 e. The fourth-order valence-corrected chi connectivity index (χ4v) is 1.42. The van der Waals surface area contributed by atoms with E-state index in [4.69, 9.17) is 0 Å². The maximum absolute atomic E-state index is 3.90. The molecule has 0 N–H and O–H groups in total. The first-order chi connectivity index (χ1) is 2.41.